The molecule has 4 heteroatoms. The van der Waals surface area contributed by atoms with Gasteiger partial charge in [0.15, 0.2) is 0 Å². The van der Waals surface area contributed by atoms with Gasteiger partial charge in [-0.1, -0.05) is 123 Å². The van der Waals surface area contributed by atoms with Gasteiger partial charge in [-0.3, -0.25) is 4.90 Å². The van der Waals surface area contributed by atoms with Gasteiger partial charge in [-0.15, -0.1) is 0 Å². The summed E-state index contributed by atoms with van der Waals surface area (Å²) in [6.45, 7) is 4.72. The average Bonchev–Trinajstić information content (AvgIpc) is 3.19. The van der Waals surface area contributed by atoms with E-state index in [1.54, 1.807) is 0 Å². The fourth-order valence-electron chi connectivity index (χ4n) is 6.98. The van der Waals surface area contributed by atoms with E-state index < -0.39 is 6.29 Å². The number of allylic oxidation sites excluding steroid dienone is 3. The monoisotopic (exact) mass is 544 g/mol. The largest absolute Gasteiger partial charge is 0.324 e. The summed E-state index contributed by atoms with van der Waals surface area (Å²) in [5.41, 5.74) is 12.0. The molecule has 2 aliphatic carbocycles. The number of anilines is 2. The number of amidine groups is 2. The van der Waals surface area contributed by atoms with E-state index in [0.29, 0.717) is 0 Å². The van der Waals surface area contributed by atoms with Crippen molar-refractivity contribution in [2.45, 2.75) is 38.4 Å². The van der Waals surface area contributed by atoms with Crippen LogP contribution in [0.3, 0.4) is 0 Å². The molecule has 1 atom stereocenters. The van der Waals surface area contributed by atoms with Gasteiger partial charge in [-0.05, 0) is 47.2 Å². The Morgan fingerprint density at radius 3 is 2.10 bits per heavy atom. The molecule has 0 saturated heterocycles. The molecule has 204 valence electrons. The number of hydrogen-bond acceptors (Lipinski definition) is 4. The minimum atomic E-state index is -0.492. The molecule has 0 radical (unpaired) electrons. The van der Waals surface area contributed by atoms with Crippen molar-refractivity contribution in [1.82, 2.24) is 5.32 Å². The van der Waals surface area contributed by atoms with E-state index in [-0.39, 0.29) is 5.41 Å². The molecule has 4 aromatic rings. The first-order valence-electron chi connectivity index (χ1n) is 14.8. The Kier molecular flexibility index (Phi) is 5.65. The van der Waals surface area contributed by atoms with Gasteiger partial charge in [0.2, 0.25) is 6.29 Å². The van der Waals surface area contributed by atoms with Gasteiger partial charge in [0.1, 0.15) is 11.7 Å². The van der Waals surface area contributed by atoms with Crippen molar-refractivity contribution in [3.8, 4) is 0 Å². The molecule has 0 aromatic heterocycles. The van der Waals surface area contributed by atoms with E-state index in [2.05, 4.69) is 139 Å². The summed E-state index contributed by atoms with van der Waals surface area (Å²) in [4.78, 5) is 13.0. The highest BCUT2D eigenvalue weighted by atomic mass is 15.4. The standard InChI is InChI=1S/C38H32N4/c1-38(2)30-22-12-9-19-27(30)33-28-20-10-13-23-31(28)42(32-24-14-11-21-29(32)34(33)38)37-40-35(25-15-5-3-6-16-25)39-36(41-37)26-17-7-4-8-18-26/h3,5-7,9-24,37H,4,8H2,1-2H3,(H,39,40,41). The van der Waals surface area contributed by atoms with Gasteiger partial charge in [0, 0.05) is 27.7 Å². The summed E-state index contributed by atoms with van der Waals surface area (Å²) in [6.07, 6.45) is 8.26. The summed E-state index contributed by atoms with van der Waals surface area (Å²) in [7, 11) is 0. The number of para-hydroxylation sites is 2. The molecule has 2 aliphatic heterocycles. The quantitative estimate of drug-likeness (QED) is 0.281. The van der Waals surface area contributed by atoms with Crippen LogP contribution in [0.5, 0.6) is 0 Å². The van der Waals surface area contributed by atoms with Crippen LogP contribution in [0.1, 0.15) is 54.5 Å². The van der Waals surface area contributed by atoms with E-state index in [0.717, 1.165) is 47.0 Å². The Morgan fingerprint density at radius 1 is 0.690 bits per heavy atom. The van der Waals surface area contributed by atoms with Gasteiger partial charge in [0.05, 0.1) is 11.4 Å². The average molecular weight is 545 g/mol. The second kappa shape index (κ2) is 9.56. The van der Waals surface area contributed by atoms with Crippen LogP contribution >= 0.6 is 0 Å². The number of nitrogens with one attached hydrogen (secondary N) is 1. The third-order valence-corrected chi connectivity index (χ3v) is 8.88. The summed E-state index contributed by atoms with van der Waals surface area (Å²) in [5.74, 6) is 1.69. The zero-order chi connectivity index (χ0) is 28.3. The second-order valence-electron chi connectivity index (χ2n) is 11.8. The van der Waals surface area contributed by atoms with Crippen molar-refractivity contribution in [3.05, 3.63) is 155 Å². The molecule has 4 aliphatic rings. The topological polar surface area (TPSA) is 40.0 Å². The maximum absolute atomic E-state index is 5.32. The summed E-state index contributed by atoms with van der Waals surface area (Å²) < 4.78 is 0. The molecule has 2 heterocycles. The summed E-state index contributed by atoms with van der Waals surface area (Å²) >= 11 is 0. The Balaban J connectivity index is 1.39. The Morgan fingerprint density at radius 2 is 1.33 bits per heavy atom. The molecule has 0 amide bonds. The number of rotatable bonds is 3. The number of hydrogen-bond donors (Lipinski definition) is 1. The smallest absolute Gasteiger partial charge is 0.224 e. The molecule has 4 nitrogen and oxygen atoms in total. The lowest BCUT2D eigenvalue weighted by Gasteiger charge is -2.35. The third-order valence-electron chi connectivity index (χ3n) is 8.88. The number of aliphatic imine (C=N–C) groups is 2. The van der Waals surface area contributed by atoms with E-state index in [1.807, 2.05) is 6.07 Å². The van der Waals surface area contributed by atoms with Crippen LogP contribution in [-0.2, 0) is 5.41 Å². The molecular formula is C38H32N4. The number of nitrogens with zero attached hydrogens (tertiary/aromatic N) is 3. The Hall–Kier alpha value is -4.96. The van der Waals surface area contributed by atoms with Crippen LogP contribution in [0.4, 0.5) is 11.4 Å². The van der Waals surface area contributed by atoms with Gasteiger partial charge in [-0.2, -0.15) is 0 Å². The second-order valence-corrected chi connectivity index (χ2v) is 11.8. The normalized spacial score (nSPS) is 19.8. The van der Waals surface area contributed by atoms with Crippen molar-refractivity contribution >= 4 is 34.2 Å². The summed E-state index contributed by atoms with van der Waals surface area (Å²) in [6, 6.07) is 36.8. The fraction of sp³-hybridized carbons (Fsp3) is 0.158. The molecular weight excluding hydrogens is 512 g/mol. The van der Waals surface area contributed by atoms with Gasteiger partial charge in [-0.25, -0.2) is 9.98 Å². The number of fused-ring (bicyclic) bond motifs is 6. The van der Waals surface area contributed by atoms with Gasteiger partial charge in [0.25, 0.3) is 0 Å². The minimum Gasteiger partial charge on any atom is -0.324 e. The number of benzene rings is 4. The molecule has 0 fully saturated rings. The zero-order valence-electron chi connectivity index (χ0n) is 23.9. The lowest BCUT2D eigenvalue weighted by Crippen LogP contribution is -2.43. The first-order chi connectivity index (χ1) is 20.6. The Labute approximate surface area is 247 Å². The minimum absolute atomic E-state index is 0.163. The SMILES string of the molecule is CC1(C)C2=C(c3ccccc3N(C3N=C(C4=CCCC=C4)NC(c4ccccc4)=N3)c3ccccc32)c2ccccc21. The molecule has 0 spiro atoms. The first kappa shape index (κ1) is 24.8. The van der Waals surface area contributed by atoms with Gasteiger partial charge < -0.3 is 5.32 Å². The molecule has 0 saturated carbocycles. The molecule has 4 aromatic carbocycles. The predicted octanol–water partition coefficient (Wildman–Crippen LogP) is 8.40. The van der Waals surface area contributed by atoms with Crippen LogP contribution < -0.4 is 10.2 Å². The van der Waals surface area contributed by atoms with E-state index in [9.17, 15) is 0 Å². The highest BCUT2D eigenvalue weighted by Gasteiger charge is 2.43. The lowest BCUT2D eigenvalue weighted by molar-refractivity contribution is 0.694. The third kappa shape index (κ3) is 3.75. The van der Waals surface area contributed by atoms with E-state index >= 15 is 0 Å². The van der Waals surface area contributed by atoms with Crippen molar-refractivity contribution in [2.24, 2.45) is 9.98 Å². The maximum Gasteiger partial charge on any atom is 0.224 e. The fourth-order valence-corrected chi connectivity index (χ4v) is 6.98. The van der Waals surface area contributed by atoms with E-state index in [1.165, 1.54) is 33.4 Å². The van der Waals surface area contributed by atoms with Crippen LogP contribution in [0.15, 0.2) is 137 Å². The highest BCUT2D eigenvalue weighted by Crippen LogP contribution is 2.58. The van der Waals surface area contributed by atoms with Crippen LogP contribution in [-0.4, -0.2) is 18.0 Å². The highest BCUT2D eigenvalue weighted by molar-refractivity contribution is 6.17. The van der Waals surface area contributed by atoms with Crippen LogP contribution in [0, 0.1) is 0 Å². The van der Waals surface area contributed by atoms with Crippen LogP contribution in [0.2, 0.25) is 0 Å². The van der Waals surface area contributed by atoms with Gasteiger partial charge >= 0.3 is 0 Å². The maximum atomic E-state index is 5.32. The van der Waals surface area contributed by atoms with Crippen LogP contribution in [0.25, 0.3) is 11.1 Å². The molecule has 1 unspecified atom stereocenters. The van der Waals surface area contributed by atoms with Crippen molar-refractivity contribution in [1.29, 1.82) is 0 Å². The zero-order valence-corrected chi connectivity index (χ0v) is 23.9. The van der Waals surface area contributed by atoms with Crippen molar-refractivity contribution in [2.75, 3.05) is 4.90 Å². The molecule has 8 rings (SSSR count). The predicted molar refractivity (Wildman–Crippen MR) is 174 cm³/mol. The van der Waals surface area contributed by atoms with E-state index in [4.69, 9.17) is 9.98 Å². The molecule has 1 N–H and O–H groups in total. The molecule has 0 bridgehead atoms. The molecule has 42 heavy (non-hydrogen) atoms. The summed E-state index contributed by atoms with van der Waals surface area (Å²) in [5, 5.41) is 3.58. The Bertz CT molecular complexity index is 1890. The van der Waals surface area contributed by atoms with Crippen molar-refractivity contribution < 1.29 is 0 Å². The van der Waals surface area contributed by atoms with Crippen molar-refractivity contribution in [3.63, 3.8) is 0 Å². The first-order valence-corrected chi connectivity index (χ1v) is 14.8. The lowest BCUT2D eigenvalue weighted by atomic mass is 9.77.